The van der Waals surface area contributed by atoms with E-state index < -0.39 is 11.9 Å². The van der Waals surface area contributed by atoms with Crippen LogP contribution in [-0.4, -0.2) is 11.1 Å². The van der Waals surface area contributed by atoms with Gasteiger partial charge in [-0.3, -0.25) is 4.79 Å². The molecule has 0 saturated carbocycles. The van der Waals surface area contributed by atoms with Crippen molar-refractivity contribution < 1.29 is 14.2 Å². The van der Waals surface area contributed by atoms with E-state index in [0.29, 0.717) is 12.2 Å². The van der Waals surface area contributed by atoms with Crippen molar-refractivity contribution >= 4 is 17.8 Å². The predicted octanol–water partition coefficient (Wildman–Crippen LogP) is 3.11. The lowest BCUT2D eigenvalue weighted by atomic mass is 9.93. The highest BCUT2D eigenvalue weighted by molar-refractivity contribution is 6.09. The summed E-state index contributed by atoms with van der Waals surface area (Å²) in [5.74, 6) is -0.743. The van der Waals surface area contributed by atoms with E-state index in [4.69, 9.17) is 17.0 Å². The Morgan fingerprint density at radius 3 is 2.67 bits per heavy atom. The zero-order valence-electron chi connectivity index (χ0n) is 8.66. The van der Waals surface area contributed by atoms with Gasteiger partial charge in [0.1, 0.15) is 17.6 Å². The van der Waals surface area contributed by atoms with E-state index >= 15 is 0 Å². The number of carboxylic acids is 1. The van der Waals surface area contributed by atoms with Crippen molar-refractivity contribution in [2.45, 2.75) is 26.2 Å². The Kier molecular flexibility index (Phi) is 3.97. The normalized spacial score (nSPS) is 12.2. The third-order valence-corrected chi connectivity index (χ3v) is 2.59. The van der Waals surface area contributed by atoms with Crippen molar-refractivity contribution in [3.05, 3.63) is 29.3 Å². The van der Waals surface area contributed by atoms with Crippen LogP contribution in [0.2, 0.25) is 0 Å². The summed E-state index contributed by atoms with van der Waals surface area (Å²) >= 11 is 5.21. The monoisotopic (exact) mass is 228 g/mol. The van der Waals surface area contributed by atoms with Gasteiger partial charge >= 0.3 is 5.97 Å². The SMILES string of the molecule is CCC(C(=O)O)c1ccc(OCl)cc1C. The number of hydrogen-bond acceptors (Lipinski definition) is 2. The van der Waals surface area contributed by atoms with Gasteiger partial charge in [-0.05, 0) is 36.6 Å². The van der Waals surface area contributed by atoms with Crippen molar-refractivity contribution in [2.75, 3.05) is 0 Å². The van der Waals surface area contributed by atoms with Crippen LogP contribution in [0.15, 0.2) is 18.2 Å². The van der Waals surface area contributed by atoms with Crippen LogP contribution in [0.3, 0.4) is 0 Å². The maximum atomic E-state index is 11.0. The maximum Gasteiger partial charge on any atom is 0.310 e. The number of carboxylic acid groups (broad SMARTS) is 1. The van der Waals surface area contributed by atoms with Gasteiger partial charge in [0.2, 0.25) is 0 Å². The Hall–Kier alpha value is -1.22. The van der Waals surface area contributed by atoms with Crippen molar-refractivity contribution in [3.8, 4) is 5.75 Å². The lowest BCUT2D eigenvalue weighted by Crippen LogP contribution is -2.11. The van der Waals surface area contributed by atoms with Gasteiger partial charge < -0.3 is 9.40 Å². The maximum absolute atomic E-state index is 11.0. The minimum atomic E-state index is -0.805. The van der Waals surface area contributed by atoms with Crippen LogP contribution in [0.4, 0.5) is 0 Å². The molecule has 1 atom stereocenters. The molecule has 0 aliphatic heterocycles. The standard InChI is InChI=1S/C11H13ClO3/c1-3-9(11(13)14)10-5-4-8(15-12)6-7(10)2/h4-6,9H,3H2,1-2H3,(H,13,14). The van der Waals surface area contributed by atoms with Gasteiger partial charge in [-0.1, -0.05) is 13.0 Å². The van der Waals surface area contributed by atoms with Gasteiger partial charge in [-0.2, -0.15) is 0 Å². The molecule has 1 aromatic carbocycles. The lowest BCUT2D eigenvalue weighted by molar-refractivity contribution is -0.138. The molecule has 15 heavy (non-hydrogen) atoms. The van der Waals surface area contributed by atoms with E-state index in [-0.39, 0.29) is 0 Å². The Bertz CT molecular complexity index is 363. The molecule has 0 fully saturated rings. The third kappa shape index (κ3) is 2.63. The summed E-state index contributed by atoms with van der Waals surface area (Å²) in [5.41, 5.74) is 1.69. The Balaban J connectivity index is 3.08. The Morgan fingerprint density at radius 2 is 2.27 bits per heavy atom. The van der Waals surface area contributed by atoms with Gasteiger partial charge in [-0.15, -0.1) is 0 Å². The summed E-state index contributed by atoms with van der Waals surface area (Å²) in [6.45, 7) is 3.70. The first-order valence-electron chi connectivity index (χ1n) is 4.72. The zero-order valence-corrected chi connectivity index (χ0v) is 9.41. The molecule has 0 aromatic heterocycles. The first kappa shape index (κ1) is 11.9. The second-order valence-corrected chi connectivity index (χ2v) is 3.55. The molecule has 1 rings (SSSR count). The smallest absolute Gasteiger partial charge is 0.310 e. The van der Waals surface area contributed by atoms with Gasteiger partial charge in [0, 0.05) is 0 Å². The number of rotatable bonds is 4. The van der Waals surface area contributed by atoms with Crippen LogP contribution >= 0.6 is 11.9 Å². The molecule has 0 amide bonds. The zero-order chi connectivity index (χ0) is 11.4. The number of carbonyl (C=O) groups is 1. The topological polar surface area (TPSA) is 46.5 Å². The van der Waals surface area contributed by atoms with Crippen LogP contribution in [0.1, 0.15) is 30.4 Å². The Labute approximate surface area is 93.8 Å². The van der Waals surface area contributed by atoms with Gasteiger partial charge in [0.25, 0.3) is 0 Å². The van der Waals surface area contributed by atoms with E-state index in [0.717, 1.165) is 11.1 Å². The minimum Gasteiger partial charge on any atom is -0.481 e. The summed E-state index contributed by atoms with van der Waals surface area (Å²) in [7, 11) is 0. The predicted molar refractivity (Wildman–Crippen MR) is 58.3 cm³/mol. The molecule has 0 saturated heterocycles. The molecule has 0 spiro atoms. The fourth-order valence-electron chi connectivity index (χ4n) is 1.61. The molecule has 1 N–H and O–H groups in total. The van der Waals surface area contributed by atoms with E-state index in [2.05, 4.69) is 4.29 Å². The third-order valence-electron chi connectivity index (χ3n) is 2.41. The van der Waals surface area contributed by atoms with Crippen LogP contribution < -0.4 is 4.29 Å². The van der Waals surface area contributed by atoms with Gasteiger partial charge in [0.05, 0.1) is 5.92 Å². The summed E-state index contributed by atoms with van der Waals surface area (Å²) < 4.78 is 4.55. The second-order valence-electron chi connectivity index (χ2n) is 3.39. The van der Waals surface area contributed by atoms with Crippen LogP contribution in [-0.2, 0) is 4.79 Å². The minimum absolute atomic E-state index is 0.464. The number of hydrogen-bond donors (Lipinski definition) is 1. The van der Waals surface area contributed by atoms with Crippen LogP contribution in [0.25, 0.3) is 0 Å². The summed E-state index contributed by atoms with van der Waals surface area (Å²) in [4.78, 5) is 11.0. The molecule has 0 aliphatic carbocycles. The van der Waals surface area contributed by atoms with Gasteiger partial charge in [0.15, 0.2) is 0 Å². The molecule has 0 bridgehead atoms. The summed E-state index contributed by atoms with van der Waals surface area (Å²) in [6, 6.07) is 5.14. The average Bonchev–Trinajstić information content (AvgIpc) is 2.20. The quantitative estimate of drug-likeness (QED) is 0.861. The van der Waals surface area contributed by atoms with Gasteiger partial charge in [-0.25, -0.2) is 0 Å². The molecular formula is C11H13ClO3. The molecule has 1 aromatic rings. The second kappa shape index (κ2) is 5.03. The molecule has 3 nitrogen and oxygen atoms in total. The summed E-state index contributed by atoms with van der Waals surface area (Å²) in [5, 5.41) is 9.02. The molecule has 4 heteroatoms. The van der Waals surface area contributed by atoms with Crippen LogP contribution in [0.5, 0.6) is 5.75 Å². The molecule has 82 valence electrons. The number of aryl methyl sites for hydroxylation is 1. The first-order valence-corrected chi connectivity index (χ1v) is 5.03. The molecule has 0 aliphatic rings. The van der Waals surface area contributed by atoms with Crippen molar-refractivity contribution in [1.29, 1.82) is 0 Å². The summed E-state index contributed by atoms with van der Waals surface area (Å²) in [6.07, 6.45) is 0.567. The highest BCUT2D eigenvalue weighted by Crippen LogP contribution is 2.26. The largest absolute Gasteiger partial charge is 0.481 e. The number of aliphatic carboxylic acids is 1. The highest BCUT2D eigenvalue weighted by atomic mass is 35.5. The molecular weight excluding hydrogens is 216 g/mol. The van der Waals surface area contributed by atoms with Crippen molar-refractivity contribution in [2.24, 2.45) is 0 Å². The van der Waals surface area contributed by atoms with E-state index in [1.54, 1.807) is 18.2 Å². The number of benzene rings is 1. The fraction of sp³-hybridized carbons (Fsp3) is 0.364. The average molecular weight is 229 g/mol. The molecule has 0 heterocycles. The fourth-order valence-corrected chi connectivity index (χ4v) is 1.71. The molecule has 1 unspecified atom stereocenters. The van der Waals surface area contributed by atoms with E-state index in [1.165, 1.54) is 0 Å². The van der Waals surface area contributed by atoms with Crippen molar-refractivity contribution in [3.63, 3.8) is 0 Å². The lowest BCUT2D eigenvalue weighted by Gasteiger charge is -2.13. The first-order chi connectivity index (χ1) is 7.10. The Morgan fingerprint density at radius 1 is 1.60 bits per heavy atom. The number of halogens is 1. The highest BCUT2D eigenvalue weighted by Gasteiger charge is 2.19. The van der Waals surface area contributed by atoms with E-state index in [9.17, 15) is 4.79 Å². The van der Waals surface area contributed by atoms with E-state index in [1.807, 2.05) is 13.8 Å². The van der Waals surface area contributed by atoms with Crippen LogP contribution in [0, 0.1) is 6.92 Å². The van der Waals surface area contributed by atoms with Crippen molar-refractivity contribution in [1.82, 2.24) is 0 Å². The molecule has 0 radical (unpaired) electrons.